The van der Waals surface area contributed by atoms with Crippen molar-refractivity contribution in [3.63, 3.8) is 0 Å². The van der Waals surface area contributed by atoms with E-state index in [1.54, 1.807) is 11.0 Å². The van der Waals surface area contributed by atoms with Crippen LogP contribution in [0.3, 0.4) is 0 Å². The molecule has 0 saturated carbocycles. The normalized spacial score (nSPS) is 25.2. The van der Waals surface area contributed by atoms with Gasteiger partial charge in [0.05, 0.1) is 12.1 Å². The van der Waals surface area contributed by atoms with Crippen molar-refractivity contribution < 1.29 is 23.9 Å². The van der Waals surface area contributed by atoms with Crippen LogP contribution in [0.5, 0.6) is 5.75 Å². The lowest BCUT2D eigenvalue weighted by atomic mass is 9.85. The third kappa shape index (κ3) is 6.50. The fraction of sp³-hybridized carbons (Fsp3) is 0.500. The van der Waals surface area contributed by atoms with Crippen LogP contribution in [-0.4, -0.2) is 82.5 Å². The number of piperidine rings is 1. The van der Waals surface area contributed by atoms with Gasteiger partial charge in [-0.05, 0) is 79.0 Å². The summed E-state index contributed by atoms with van der Waals surface area (Å²) in [5.74, 6) is 0.534. The highest BCUT2D eigenvalue weighted by Crippen LogP contribution is 2.33. The van der Waals surface area contributed by atoms with E-state index in [0.29, 0.717) is 29.9 Å². The zero-order valence-corrected chi connectivity index (χ0v) is 25.7. The van der Waals surface area contributed by atoms with Gasteiger partial charge in [0.2, 0.25) is 17.8 Å². The average molecular weight is 613 g/mol. The van der Waals surface area contributed by atoms with E-state index in [0.717, 1.165) is 87.3 Å². The molecule has 4 aliphatic heterocycles. The van der Waals surface area contributed by atoms with Crippen molar-refractivity contribution >= 4 is 34.6 Å². The van der Waals surface area contributed by atoms with Gasteiger partial charge in [0, 0.05) is 62.9 Å². The highest BCUT2D eigenvalue weighted by Gasteiger charge is 2.39. The van der Waals surface area contributed by atoms with Gasteiger partial charge in [0.25, 0.3) is 5.91 Å². The maximum absolute atomic E-state index is 13.0. The number of aromatic nitrogens is 2. The van der Waals surface area contributed by atoms with Gasteiger partial charge in [-0.15, -0.1) is 0 Å². The molecule has 11 nitrogen and oxygen atoms in total. The number of imide groups is 1. The molecule has 3 amide bonds. The summed E-state index contributed by atoms with van der Waals surface area (Å²) in [5, 5.41) is 6.76. The van der Waals surface area contributed by atoms with Crippen LogP contribution in [0.4, 0.5) is 5.95 Å². The molecule has 0 aliphatic carbocycles. The van der Waals surface area contributed by atoms with Gasteiger partial charge in [-0.1, -0.05) is 13.0 Å². The van der Waals surface area contributed by atoms with Crippen LogP contribution in [0.1, 0.15) is 66.9 Å². The molecule has 5 heterocycles. The highest BCUT2D eigenvalue weighted by molar-refractivity contribution is 6.05. The Bertz CT molecular complexity index is 1620. The molecule has 11 heteroatoms. The number of likely N-dealkylation sites (tertiary alicyclic amines) is 1. The largest absolute Gasteiger partial charge is 0.489 e. The van der Waals surface area contributed by atoms with Gasteiger partial charge in [0.15, 0.2) is 0 Å². The third-order valence-electron chi connectivity index (χ3n) is 9.62. The lowest BCUT2D eigenvalue weighted by molar-refractivity contribution is -0.136. The highest BCUT2D eigenvalue weighted by atomic mass is 16.5. The van der Waals surface area contributed by atoms with Crippen LogP contribution in [0.2, 0.25) is 0 Å². The van der Waals surface area contributed by atoms with Gasteiger partial charge >= 0.3 is 0 Å². The molecule has 1 aromatic heterocycles. The second kappa shape index (κ2) is 12.4. The number of fused-ring (bicyclic) bond motifs is 2. The Kier molecular flexibility index (Phi) is 8.14. The van der Waals surface area contributed by atoms with Gasteiger partial charge in [-0.3, -0.25) is 24.6 Å². The van der Waals surface area contributed by atoms with E-state index in [1.165, 1.54) is 5.56 Å². The minimum Gasteiger partial charge on any atom is -0.489 e. The topological polar surface area (TPSA) is 126 Å². The van der Waals surface area contributed by atoms with E-state index in [4.69, 9.17) is 14.5 Å². The maximum Gasteiger partial charge on any atom is 0.255 e. The number of carbonyl (C=O) groups excluding carboxylic acids is 3. The van der Waals surface area contributed by atoms with Gasteiger partial charge < -0.3 is 19.7 Å². The number of amides is 3. The summed E-state index contributed by atoms with van der Waals surface area (Å²) >= 11 is 0. The molecule has 2 aromatic carbocycles. The van der Waals surface area contributed by atoms with Crippen molar-refractivity contribution in [3.8, 4) is 5.75 Å². The molecule has 45 heavy (non-hydrogen) atoms. The molecular weight excluding hydrogens is 572 g/mol. The summed E-state index contributed by atoms with van der Waals surface area (Å²) in [6.45, 7) is 7.78. The molecule has 2 N–H and O–H groups in total. The Labute approximate surface area is 262 Å². The Balaban J connectivity index is 0.902. The van der Waals surface area contributed by atoms with E-state index in [2.05, 4.69) is 45.6 Å². The molecule has 0 radical (unpaired) electrons. The second-order valence-electron chi connectivity index (χ2n) is 13.2. The molecular formula is C34H40N6O5. The molecule has 0 bridgehead atoms. The van der Waals surface area contributed by atoms with Gasteiger partial charge in [-0.2, -0.15) is 0 Å². The number of anilines is 1. The number of benzene rings is 2. The van der Waals surface area contributed by atoms with Crippen molar-refractivity contribution in [2.45, 2.75) is 70.7 Å². The lowest BCUT2D eigenvalue weighted by Crippen LogP contribution is -2.52. The van der Waals surface area contributed by atoms with Crippen molar-refractivity contribution in [2.75, 3.05) is 38.2 Å². The molecule has 7 rings (SSSR count). The summed E-state index contributed by atoms with van der Waals surface area (Å²) in [7, 11) is 0. The van der Waals surface area contributed by atoms with Crippen molar-refractivity contribution in [1.82, 2.24) is 25.1 Å². The second-order valence-corrected chi connectivity index (χ2v) is 13.2. The van der Waals surface area contributed by atoms with E-state index in [9.17, 15) is 14.4 Å². The molecule has 3 atom stereocenters. The first-order valence-corrected chi connectivity index (χ1v) is 16.1. The SMILES string of the molecule is C[C@@]1(CCCNc2ncc3cc(CN4CC[C@H](Oc5ccc6c(c5)CN(C5CCC(=O)NC5=O)C6=O)C4)ccc3n2)CCOC1. The van der Waals surface area contributed by atoms with Crippen molar-refractivity contribution in [1.29, 1.82) is 0 Å². The molecule has 3 fully saturated rings. The van der Waals surface area contributed by atoms with Gasteiger partial charge in [-0.25, -0.2) is 9.97 Å². The summed E-state index contributed by atoms with van der Waals surface area (Å²) in [6, 6.07) is 11.3. The zero-order chi connectivity index (χ0) is 31.0. The van der Waals surface area contributed by atoms with Gasteiger partial charge in [0.1, 0.15) is 17.9 Å². The predicted octanol–water partition coefficient (Wildman–Crippen LogP) is 3.66. The van der Waals surface area contributed by atoms with E-state index < -0.39 is 11.9 Å². The lowest BCUT2D eigenvalue weighted by Gasteiger charge is -2.29. The molecule has 3 aromatic rings. The number of hydrogen-bond donors (Lipinski definition) is 2. The first-order chi connectivity index (χ1) is 21.8. The predicted molar refractivity (Wildman–Crippen MR) is 168 cm³/mol. The van der Waals surface area contributed by atoms with Crippen LogP contribution in [0.25, 0.3) is 10.9 Å². The summed E-state index contributed by atoms with van der Waals surface area (Å²) in [6.07, 6.45) is 6.80. The van der Waals surface area contributed by atoms with E-state index in [1.807, 2.05) is 18.3 Å². The van der Waals surface area contributed by atoms with Crippen LogP contribution >= 0.6 is 0 Å². The maximum atomic E-state index is 13.0. The monoisotopic (exact) mass is 612 g/mol. The Morgan fingerprint density at radius 2 is 2.07 bits per heavy atom. The summed E-state index contributed by atoms with van der Waals surface area (Å²) < 4.78 is 11.9. The molecule has 0 spiro atoms. The first kappa shape index (κ1) is 29.6. The number of ether oxygens (including phenoxy) is 2. The smallest absolute Gasteiger partial charge is 0.255 e. The van der Waals surface area contributed by atoms with E-state index in [-0.39, 0.29) is 24.3 Å². The minimum absolute atomic E-state index is 0.0487. The molecule has 3 saturated heterocycles. The number of nitrogens with one attached hydrogen (secondary N) is 2. The van der Waals surface area contributed by atoms with E-state index >= 15 is 0 Å². The Morgan fingerprint density at radius 1 is 1.16 bits per heavy atom. The third-order valence-corrected chi connectivity index (χ3v) is 9.62. The average Bonchev–Trinajstić information content (AvgIpc) is 3.74. The standard InChI is InChI=1S/C34H40N6O5/c1-34(11-14-44-21-34)10-2-12-35-33-36-17-23-15-22(3-6-28(23)37-33)18-39-13-9-26(20-39)45-25-4-5-27-24(16-25)19-40(32(27)43)29-7-8-30(41)38-31(29)42/h3-6,15-17,26,29H,2,7-14,18-21H2,1H3,(H,35,36,37)(H,38,41,42)/t26-,29?,34+/m0/s1. The summed E-state index contributed by atoms with van der Waals surface area (Å²) in [4.78, 5) is 50.1. The van der Waals surface area contributed by atoms with Crippen LogP contribution in [-0.2, 0) is 27.4 Å². The molecule has 236 valence electrons. The fourth-order valence-corrected chi connectivity index (χ4v) is 7.00. The molecule has 1 unspecified atom stereocenters. The minimum atomic E-state index is -0.619. The summed E-state index contributed by atoms with van der Waals surface area (Å²) in [5.41, 5.74) is 3.89. The molecule has 4 aliphatic rings. The first-order valence-electron chi connectivity index (χ1n) is 16.1. The van der Waals surface area contributed by atoms with Crippen molar-refractivity contribution in [3.05, 3.63) is 59.3 Å². The van der Waals surface area contributed by atoms with Crippen LogP contribution in [0.15, 0.2) is 42.6 Å². The number of hydrogen-bond acceptors (Lipinski definition) is 9. The zero-order valence-electron chi connectivity index (χ0n) is 25.7. The van der Waals surface area contributed by atoms with Crippen LogP contribution < -0.4 is 15.4 Å². The van der Waals surface area contributed by atoms with Crippen molar-refractivity contribution in [2.24, 2.45) is 5.41 Å². The fourth-order valence-electron chi connectivity index (χ4n) is 7.00. The number of carbonyl (C=O) groups is 3. The number of nitrogens with zero attached hydrogens (tertiary/aromatic N) is 4. The Hall–Kier alpha value is -4.09. The van der Waals surface area contributed by atoms with Crippen LogP contribution in [0, 0.1) is 5.41 Å². The quantitative estimate of drug-likeness (QED) is 0.261. The number of rotatable bonds is 10. The Morgan fingerprint density at radius 3 is 2.91 bits per heavy atom.